The lowest BCUT2D eigenvalue weighted by Crippen LogP contribution is -2.39. The number of nitrogen functional groups attached to an aromatic ring is 1. The van der Waals surface area contributed by atoms with Crippen molar-refractivity contribution in [3.8, 4) is 0 Å². The standard InChI is InChI=1S/C28H21FN6OS/c1-34-26-19-9-16(5-7-22(19)33-27(30)20(26)12-32-34)28(36)35-13-17-3-2-4-21(29)18(17)11-24(35)15-6-8-25-23(10-15)31-14-37-25/h2-10,12,14,24H,11,13H2,1H3,(H2,30,33). The van der Waals surface area contributed by atoms with E-state index < -0.39 is 0 Å². The van der Waals surface area contributed by atoms with Crippen LogP contribution in [0.2, 0.25) is 0 Å². The molecule has 0 bridgehead atoms. The highest BCUT2D eigenvalue weighted by Gasteiger charge is 2.33. The van der Waals surface area contributed by atoms with Crippen molar-refractivity contribution in [3.05, 3.63) is 94.4 Å². The second kappa shape index (κ2) is 8.07. The zero-order valence-corrected chi connectivity index (χ0v) is 20.7. The van der Waals surface area contributed by atoms with Crippen molar-refractivity contribution in [2.75, 3.05) is 5.73 Å². The molecule has 4 heterocycles. The molecule has 6 aromatic rings. The van der Waals surface area contributed by atoms with Gasteiger partial charge in [-0.25, -0.2) is 14.4 Å². The highest BCUT2D eigenvalue weighted by molar-refractivity contribution is 7.16. The number of hydrogen-bond donors (Lipinski definition) is 1. The van der Waals surface area contributed by atoms with Gasteiger partial charge in [0, 0.05) is 31.0 Å². The zero-order valence-electron chi connectivity index (χ0n) is 19.9. The summed E-state index contributed by atoms with van der Waals surface area (Å²) in [5.41, 5.74) is 13.3. The Morgan fingerprint density at radius 1 is 1.11 bits per heavy atom. The first kappa shape index (κ1) is 21.9. The minimum atomic E-state index is -0.333. The van der Waals surface area contributed by atoms with Gasteiger partial charge in [-0.3, -0.25) is 9.48 Å². The van der Waals surface area contributed by atoms with E-state index in [4.69, 9.17) is 5.73 Å². The number of anilines is 1. The van der Waals surface area contributed by atoms with Crippen LogP contribution in [0.3, 0.4) is 0 Å². The van der Waals surface area contributed by atoms with Gasteiger partial charge in [-0.15, -0.1) is 11.3 Å². The fourth-order valence-electron chi connectivity index (χ4n) is 5.43. The first-order valence-electron chi connectivity index (χ1n) is 11.9. The normalized spacial score (nSPS) is 15.5. The predicted molar refractivity (Wildman–Crippen MR) is 143 cm³/mol. The van der Waals surface area contributed by atoms with E-state index in [1.807, 2.05) is 53.9 Å². The van der Waals surface area contributed by atoms with Crippen LogP contribution in [0.5, 0.6) is 0 Å². The van der Waals surface area contributed by atoms with Gasteiger partial charge in [-0.2, -0.15) is 5.10 Å². The first-order valence-corrected chi connectivity index (χ1v) is 12.8. The van der Waals surface area contributed by atoms with Crippen molar-refractivity contribution in [1.82, 2.24) is 24.6 Å². The van der Waals surface area contributed by atoms with Gasteiger partial charge in [0.25, 0.3) is 5.91 Å². The van der Waals surface area contributed by atoms with Crippen molar-refractivity contribution < 1.29 is 9.18 Å². The monoisotopic (exact) mass is 508 g/mol. The van der Waals surface area contributed by atoms with Crippen LogP contribution in [0.1, 0.15) is 33.1 Å². The SMILES string of the molecule is Cn1ncc2c(N)nc3ccc(C(=O)N4Cc5cccc(F)c5CC4c4ccc5scnc5c4)cc3c21. The van der Waals surface area contributed by atoms with Gasteiger partial charge in [-0.1, -0.05) is 18.2 Å². The van der Waals surface area contributed by atoms with Crippen molar-refractivity contribution in [3.63, 3.8) is 0 Å². The quantitative estimate of drug-likeness (QED) is 0.339. The number of nitrogens with two attached hydrogens (primary N) is 1. The lowest BCUT2D eigenvalue weighted by atomic mass is 9.88. The summed E-state index contributed by atoms with van der Waals surface area (Å²) in [5, 5.41) is 5.89. The molecule has 0 saturated heterocycles. The van der Waals surface area contributed by atoms with Gasteiger partial charge < -0.3 is 10.6 Å². The Balaban J connectivity index is 1.37. The van der Waals surface area contributed by atoms with Gasteiger partial charge >= 0.3 is 0 Å². The third-order valence-corrected chi connectivity index (χ3v) is 8.09. The molecular weight excluding hydrogens is 487 g/mol. The highest BCUT2D eigenvalue weighted by Crippen LogP contribution is 2.37. The summed E-state index contributed by atoms with van der Waals surface area (Å²) in [4.78, 5) is 24.9. The number of rotatable bonds is 2. The lowest BCUT2D eigenvalue weighted by molar-refractivity contribution is 0.0636. The lowest BCUT2D eigenvalue weighted by Gasteiger charge is -2.37. The van der Waals surface area contributed by atoms with Gasteiger partial charge in [-0.05, 0) is 53.1 Å². The Bertz CT molecular complexity index is 1880. The third-order valence-electron chi connectivity index (χ3n) is 7.28. The van der Waals surface area contributed by atoms with E-state index in [2.05, 4.69) is 15.1 Å². The van der Waals surface area contributed by atoms with E-state index in [0.29, 0.717) is 35.4 Å². The molecule has 37 heavy (non-hydrogen) atoms. The Hall–Kier alpha value is -4.37. The molecule has 0 spiro atoms. The second-order valence-corrected chi connectivity index (χ2v) is 10.3. The fraction of sp³-hybridized carbons (Fsp3) is 0.143. The molecule has 1 aliphatic heterocycles. The number of aryl methyl sites for hydroxylation is 1. The molecule has 0 radical (unpaired) electrons. The summed E-state index contributed by atoms with van der Waals surface area (Å²) < 4.78 is 17.7. The van der Waals surface area contributed by atoms with E-state index in [-0.39, 0.29) is 17.8 Å². The van der Waals surface area contributed by atoms with Crippen LogP contribution in [0.15, 0.2) is 66.3 Å². The molecule has 0 fully saturated rings. The Labute approximate surface area is 215 Å². The molecule has 7 nitrogen and oxygen atoms in total. The number of carbonyl (C=O) groups excluding carboxylic acids is 1. The minimum absolute atomic E-state index is 0.132. The average Bonchev–Trinajstić information content (AvgIpc) is 3.54. The van der Waals surface area contributed by atoms with E-state index in [9.17, 15) is 9.18 Å². The molecule has 1 aliphatic rings. The number of benzene rings is 3. The number of hydrogen-bond acceptors (Lipinski definition) is 6. The van der Waals surface area contributed by atoms with Crippen LogP contribution in [0.25, 0.3) is 32.0 Å². The number of thiazole rings is 1. The van der Waals surface area contributed by atoms with Crippen LogP contribution >= 0.6 is 11.3 Å². The summed E-state index contributed by atoms with van der Waals surface area (Å²) in [6, 6.07) is 16.2. The molecule has 0 saturated carbocycles. The van der Waals surface area contributed by atoms with E-state index in [1.54, 1.807) is 34.3 Å². The predicted octanol–water partition coefficient (Wildman–Crippen LogP) is 5.39. The van der Waals surface area contributed by atoms with Gasteiger partial charge in [0.15, 0.2) is 0 Å². The summed E-state index contributed by atoms with van der Waals surface area (Å²) in [6.45, 7) is 0.310. The van der Waals surface area contributed by atoms with Crippen LogP contribution < -0.4 is 5.73 Å². The summed E-state index contributed by atoms with van der Waals surface area (Å²) in [6.07, 6.45) is 2.08. The number of aromatic nitrogens is 4. The number of pyridine rings is 1. The Morgan fingerprint density at radius 2 is 2.00 bits per heavy atom. The largest absolute Gasteiger partial charge is 0.383 e. The summed E-state index contributed by atoms with van der Waals surface area (Å²) in [7, 11) is 1.84. The zero-order chi connectivity index (χ0) is 25.3. The second-order valence-electron chi connectivity index (χ2n) is 9.37. The van der Waals surface area contributed by atoms with Crippen molar-refractivity contribution in [2.24, 2.45) is 7.05 Å². The Morgan fingerprint density at radius 3 is 2.89 bits per heavy atom. The molecule has 1 amide bonds. The number of amides is 1. The van der Waals surface area contributed by atoms with E-state index in [1.165, 1.54) is 6.07 Å². The summed E-state index contributed by atoms with van der Waals surface area (Å²) >= 11 is 1.57. The Kier molecular flexibility index (Phi) is 4.77. The molecule has 7 rings (SSSR count). The van der Waals surface area contributed by atoms with E-state index >= 15 is 0 Å². The molecule has 2 N–H and O–H groups in total. The highest BCUT2D eigenvalue weighted by atomic mass is 32.1. The van der Waals surface area contributed by atoms with Crippen LogP contribution in [-0.2, 0) is 20.0 Å². The number of nitrogens with zero attached hydrogens (tertiary/aromatic N) is 5. The van der Waals surface area contributed by atoms with Gasteiger partial charge in [0.2, 0.25) is 0 Å². The topological polar surface area (TPSA) is 89.9 Å². The van der Waals surface area contributed by atoms with Gasteiger partial charge in [0.1, 0.15) is 11.6 Å². The van der Waals surface area contributed by atoms with Crippen LogP contribution in [0.4, 0.5) is 10.2 Å². The maximum absolute atomic E-state index is 14.8. The maximum atomic E-state index is 14.8. The van der Waals surface area contributed by atoms with E-state index in [0.717, 1.165) is 37.6 Å². The van der Waals surface area contributed by atoms with Crippen molar-refractivity contribution in [2.45, 2.75) is 19.0 Å². The minimum Gasteiger partial charge on any atom is -0.383 e. The fourth-order valence-corrected chi connectivity index (χ4v) is 6.09. The molecule has 1 atom stereocenters. The number of fused-ring (bicyclic) bond motifs is 5. The number of carbonyl (C=O) groups is 1. The summed E-state index contributed by atoms with van der Waals surface area (Å²) in [5.74, 6) is 0.0338. The van der Waals surface area contributed by atoms with Crippen LogP contribution in [0, 0.1) is 5.82 Å². The first-order chi connectivity index (χ1) is 18.0. The molecule has 182 valence electrons. The van der Waals surface area contributed by atoms with Crippen molar-refractivity contribution >= 4 is 55.1 Å². The smallest absolute Gasteiger partial charge is 0.254 e. The molecule has 1 unspecified atom stereocenters. The third kappa shape index (κ3) is 3.38. The van der Waals surface area contributed by atoms with Crippen molar-refractivity contribution in [1.29, 1.82) is 0 Å². The maximum Gasteiger partial charge on any atom is 0.254 e. The van der Waals surface area contributed by atoms with Crippen LogP contribution in [-0.4, -0.2) is 30.6 Å². The molecule has 3 aromatic carbocycles. The average molecular weight is 509 g/mol. The number of halogens is 1. The molecule has 9 heteroatoms. The molecule has 3 aromatic heterocycles. The molecule has 0 aliphatic carbocycles. The molecular formula is C28H21FN6OS. The van der Waals surface area contributed by atoms with Gasteiger partial charge in [0.05, 0.1) is 44.4 Å².